The zero-order valence-electron chi connectivity index (χ0n) is 9.35. The lowest BCUT2D eigenvalue weighted by Crippen LogP contribution is -1.98. The first-order chi connectivity index (χ1) is 8.19. The fourth-order valence-corrected chi connectivity index (χ4v) is 2.69. The molecule has 0 amide bonds. The summed E-state index contributed by atoms with van der Waals surface area (Å²) in [6.07, 6.45) is 0. The molecule has 0 bridgehead atoms. The summed E-state index contributed by atoms with van der Waals surface area (Å²) in [7, 11) is 2.63. The highest BCUT2D eigenvalue weighted by Crippen LogP contribution is 2.32. The van der Waals surface area contributed by atoms with Crippen molar-refractivity contribution in [3.05, 3.63) is 34.0 Å². The molecular weight excluding hydrogens is 240 g/mol. The van der Waals surface area contributed by atoms with Gasteiger partial charge in [-0.3, -0.25) is 0 Å². The van der Waals surface area contributed by atoms with Gasteiger partial charge < -0.3 is 9.47 Å². The summed E-state index contributed by atoms with van der Waals surface area (Å²) in [5.74, 6) is -0.886. The Morgan fingerprint density at radius 2 is 1.35 bits per heavy atom. The molecule has 1 heterocycles. The smallest absolute Gasteiger partial charge is 0.348 e. The molecule has 0 aliphatic heterocycles. The Morgan fingerprint density at radius 1 is 0.941 bits per heavy atom. The summed E-state index contributed by atoms with van der Waals surface area (Å²) in [5, 5.41) is 1.43. The van der Waals surface area contributed by atoms with Crippen molar-refractivity contribution in [1.29, 1.82) is 0 Å². The van der Waals surface area contributed by atoms with Crippen molar-refractivity contribution in [2.75, 3.05) is 14.2 Å². The van der Waals surface area contributed by atoms with E-state index >= 15 is 0 Å². The summed E-state index contributed by atoms with van der Waals surface area (Å²) in [4.78, 5) is 24.0. The standard InChI is InChI=1S/C12H10O4S/c1-15-11(13)9-7-5-3-4-6-8(7)10(17-9)12(14)16-2/h3-6H,1-2H3. The van der Waals surface area contributed by atoms with E-state index in [9.17, 15) is 9.59 Å². The summed E-state index contributed by atoms with van der Waals surface area (Å²) >= 11 is 1.09. The number of benzene rings is 1. The maximum absolute atomic E-state index is 11.6. The van der Waals surface area contributed by atoms with E-state index in [4.69, 9.17) is 9.47 Å². The highest BCUT2D eigenvalue weighted by Gasteiger charge is 2.21. The largest absolute Gasteiger partial charge is 0.465 e. The number of hydrogen-bond acceptors (Lipinski definition) is 5. The number of carbonyl (C=O) groups excluding carboxylic acids is 2. The van der Waals surface area contributed by atoms with Gasteiger partial charge in [0.25, 0.3) is 0 Å². The van der Waals surface area contributed by atoms with Gasteiger partial charge in [-0.25, -0.2) is 9.59 Å². The second-order valence-electron chi connectivity index (χ2n) is 3.29. The van der Waals surface area contributed by atoms with Gasteiger partial charge in [-0.15, -0.1) is 11.3 Å². The van der Waals surface area contributed by atoms with Crippen molar-refractivity contribution in [2.45, 2.75) is 0 Å². The minimum absolute atomic E-state index is 0.420. The predicted octanol–water partition coefficient (Wildman–Crippen LogP) is 2.47. The molecule has 0 saturated carbocycles. The number of rotatable bonds is 2. The van der Waals surface area contributed by atoms with Crippen LogP contribution in [0.25, 0.3) is 10.8 Å². The topological polar surface area (TPSA) is 52.6 Å². The van der Waals surface area contributed by atoms with Gasteiger partial charge in [0.15, 0.2) is 0 Å². The molecular formula is C12H10O4S. The Morgan fingerprint density at radius 3 is 1.71 bits per heavy atom. The lowest BCUT2D eigenvalue weighted by Gasteiger charge is -1.95. The number of ether oxygens (including phenoxy) is 2. The zero-order valence-corrected chi connectivity index (χ0v) is 10.2. The number of hydrogen-bond donors (Lipinski definition) is 0. The quantitative estimate of drug-likeness (QED) is 0.768. The third-order valence-electron chi connectivity index (χ3n) is 2.36. The van der Waals surface area contributed by atoms with Crippen LogP contribution in [0.3, 0.4) is 0 Å². The van der Waals surface area contributed by atoms with Crippen LogP contribution in [0.4, 0.5) is 0 Å². The number of thiophene rings is 1. The molecule has 0 spiro atoms. The molecule has 0 unspecified atom stereocenters. The molecule has 0 atom stereocenters. The molecule has 2 aromatic rings. The van der Waals surface area contributed by atoms with Crippen LogP contribution in [-0.2, 0) is 9.47 Å². The number of fused-ring (bicyclic) bond motifs is 1. The molecule has 0 fully saturated rings. The van der Waals surface area contributed by atoms with Gasteiger partial charge in [0.05, 0.1) is 14.2 Å². The first-order valence-electron chi connectivity index (χ1n) is 4.87. The van der Waals surface area contributed by atoms with Crippen LogP contribution in [-0.4, -0.2) is 26.2 Å². The van der Waals surface area contributed by atoms with Crippen molar-refractivity contribution in [1.82, 2.24) is 0 Å². The Hall–Kier alpha value is -1.88. The van der Waals surface area contributed by atoms with E-state index in [0.717, 1.165) is 11.3 Å². The second-order valence-corrected chi connectivity index (χ2v) is 4.31. The molecule has 0 aliphatic rings. The van der Waals surface area contributed by atoms with E-state index in [2.05, 4.69) is 0 Å². The molecule has 0 aliphatic carbocycles. The highest BCUT2D eigenvalue weighted by molar-refractivity contribution is 7.17. The molecule has 0 saturated heterocycles. The summed E-state index contributed by atoms with van der Waals surface area (Å²) in [6, 6.07) is 7.18. The number of methoxy groups -OCH3 is 2. The van der Waals surface area contributed by atoms with Gasteiger partial charge in [0.1, 0.15) is 9.75 Å². The van der Waals surface area contributed by atoms with Gasteiger partial charge in [-0.2, -0.15) is 0 Å². The third kappa shape index (κ3) is 1.89. The van der Waals surface area contributed by atoms with E-state index in [-0.39, 0.29) is 0 Å². The maximum Gasteiger partial charge on any atom is 0.348 e. The van der Waals surface area contributed by atoms with Gasteiger partial charge in [0, 0.05) is 10.8 Å². The van der Waals surface area contributed by atoms with E-state index in [1.54, 1.807) is 12.1 Å². The predicted molar refractivity (Wildman–Crippen MR) is 64.5 cm³/mol. The first kappa shape index (κ1) is 11.6. The van der Waals surface area contributed by atoms with E-state index in [0.29, 0.717) is 20.5 Å². The molecule has 1 aromatic carbocycles. The van der Waals surface area contributed by atoms with E-state index in [1.165, 1.54) is 14.2 Å². The lowest BCUT2D eigenvalue weighted by atomic mass is 10.1. The zero-order chi connectivity index (χ0) is 12.4. The Kier molecular flexibility index (Phi) is 3.10. The minimum Gasteiger partial charge on any atom is -0.465 e. The van der Waals surface area contributed by atoms with Crippen molar-refractivity contribution in [3.63, 3.8) is 0 Å². The van der Waals surface area contributed by atoms with Crippen LogP contribution in [0.2, 0.25) is 0 Å². The summed E-state index contributed by atoms with van der Waals surface area (Å²) in [5.41, 5.74) is 0. The van der Waals surface area contributed by atoms with Crippen LogP contribution in [0.5, 0.6) is 0 Å². The van der Waals surface area contributed by atoms with Gasteiger partial charge in [0.2, 0.25) is 0 Å². The molecule has 5 heteroatoms. The molecule has 0 radical (unpaired) electrons. The molecule has 4 nitrogen and oxygen atoms in total. The van der Waals surface area contributed by atoms with Crippen LogP contribution in [0.1, 0.15) is 19.3 Å². The van der Waals surface area contributed by atoms with E-state index in [1.807, 2.05) is 12.1 Å². The number of esters is 2. The van der Waals surface area contributed by atoms with Crippen molar-refractivity contribution in [2.24, 2.45) is 0 Å². The van der Waals surface area contributed by atoms with Crippen molar-refractivity contribution >= 4 is 34.0 Å². The SMILES string of the molecule is COC(=O)c1sc(C(=O)OC)c2ccccc12. The monoisotopic (exact) mass is 250 g/mol. The van der Waals surface area contributed by atoms with Gasteiger partial charge in [-0.1, -0.05) is 24.3 Å². The van der Waals surface area contributed by atoms with Crippen LogP contribution >= 0.6 is 11.3 Å². The second kappa shape index (κ2) is 4.55. The molecule has 17 heavy (non-hydrogen) atoms. The Balaban J connectivity index is 2.71. The normalized spacial score (nSPS) is 10.2. The first-order valence-corrected chi connectivity index (χ1v) is 5.69. The van der Waals surface area contributed by atoms with Gasteiger partial charge >= 0.3 is 11.9 Å². The maximum atomic E-state index is 11.6. The molecule has 88 valence electrons. The molecule has 0 N–H and O–H groups in total. The van der Waals surface area contributed by atoms with Crippen LogP contribution in [0.15, 0.2) is 24.3 Å². The Labute approximate surface area is 102 Å². The number of carbonyl (C=O) groups is 2. The fraction of sp³-hybridized carbons (Fsp3) is 0.167. The molecule has 2 rings (SSSR count). The summed E-state index contributed by atoms with van der Waals surface area (Å²) < 4.78 is 9.38. The average molecular weight is 250 g/mol. The van der Waals surface area contributed by atoms with Crippen molar-refractivity contribution in [3.8, 4) is 0 Å². The van der Waals surface area contributed by atoms with Crippen molar-refractivity contribution < 1.29 is 19.1 Å². The minimum atomic E-state index is -0.443. The van der Waals surface area contributed by atoms with Crippen LogP contribution < -0.4 is 0 Å². The fourth-order valence-electron chi connectivity index (χ4n) is 1.58. The highest BCUT2D eigenvalue weighted by atomic mass is 32.1. The van der Waals surface area contributed by atoms with Crippen LogP contribution in [0, 0.1) is 0 Å². The lowest BCUT2D eigenvalue weighted by molar-refractivity contribution is 0.0602. The third-order valence-corrected chi connectivity index (χ3v) is 3.54. The summed E-state index contributed by atoms with van der Waals surface area (Å²) in [6.45, 7) is 0. The average Bonchev–Trinajstić information content (AvgIpc) is 2.76. The van der Waals surface area contributed by atoms with E-state index < -0.39 is 11.9 Å². The molecule has 1 aromatic heterocycles. The van der Waals surface area contributed by atoms with Gasteiger partial charge in [-0.05, 0) is 0 Å². The Bertz CT molecular complexity index is 535.